The minimum Gasteiger partial charge on any atom is -0.382 e. The van der Waals surface area contributed by atoms with Gasteiger partial charge in [0.15, 0.2) is 11.5 Å². The van der Waals surface area contributed by atoms with Gasteiger partial charge < -0.3 is 11.1 Å². The molecule has 0 saturated heterocycles. The van der Waals surface area contributed by atoms with Crippen LogP contribution in [0, 0.1) is 0 Å². The Balaban J connectivity index is 1.83. The van der Waals surface area contributed by atoms with Crippen LogP contribution >= 0.6 is 15.9 Å². The number of carbonyl (C=O) groups is 1. The van der Waals surface area contributed by atoms with Gasteiger partial charge in [-0.15, -0.1) is 5.10 Å². The molecule has 3 rings (SSSR count). The van der Waals surface area contributed by atoms with Crippen LogP contribution in [0.3, 0.4) is 0 Å². The van der Waals surface area contributed by atoms with Crippen molar-refractivity contribution in [3.63, 3.8) is 0 Å². The molecule has 7 heteroatoms. The second-order valence-electron chi connectivity index (χ2n) is 5.17. The molecule has 0 atom stereocenters. The van der Waals surface area contributed by atoms with Gasteiger partial charge in [-0.2, -0.15) is 4.68 Å². The average Bonchev–Trinajstić information content (AvgIpc) is 3.08. The zero-order valence-corrected chi connectivity index (χ0v) is 13.0. The molecule has 0 bridgehead atoms. The molecule has 2 aromatic rings. The largest absolute Gasteiger partial charge is 0.382 e. The molecule has 1 saturated carbocycles. The van der Waals surface area contributed by atoms with Crippen molar-refractivity contribution >= 4 is 27.7 Å². The Morgan fingerprint density at radius 2 is 2.14 bits per heavy atom. The number of anilines is 1. The molecule has 0 spiro atoms. The summed E-state index contributed by atoms with van der Waals surface area (Å²) < 4.78 is 2.38. The molecule has 21 heavy (non-hydrogen) atoms. The first-order chi connectivity index (χ1) is 10.1. The first-order valence-corrected chi connectivity index (χ1v) is 7.72. The second-order valence-corrected chi connectivity index (χ2v) is 6.09. The maximum atomic E-state index is 12.2. The van der Waals surface area contributed by atoms with Crippen molar-refractivity contribution in [1.29, 1.82) is 0 Å². The van der Waals surface area contributed by atoms with Crippen LogP contribution in [0.4, 0.5) is 5.82 Å². The van der Waals surface area contributed by atoms with E-state index in [1.807, 2.05) is 24.3 Å². The zero-order valence-electron chi connectivity index (χ0n) is 11.4. The van der Waals surface area contributed by atoms with E-state index in [0.717, 1.165) is 35.8 Å². The average molecular weight is 350 g/mol. The number of hydrogen-bond donors (Lipinski definition) is 2. The smallest absolute Gasteiger partial charge is 0.275 e. The maximum absolute atomic E-state index is 12.2. The lowest BCUT2D eigenvalue weighted by molar-refractivity contribution is 0.0933. The minimum atomic E-state index is -0.249. The lowest BCUT2D eigenvalue weighted by Crippen LogP contribution is -2.33. The van der Waals surface area contributed by atoms with Gasteiger partial charge in [0.2, 0.25) is 0 Å². The second kappa shape index (κ2) is 5.85. The highest BCUT2D eigenvalue weighted by Gasteiger charge is 2.23. The quantitative estimate of drug-likeness (QED) is 0.889. The zero-order chi connectivity index (χ0) is 14.8. The lowest BCUT2D eigenvalue weighted by Gasteiger charge is -2.10. The summed E-state index contributed by atoms with van der Waals surface area (Å²) in [5.41, 5.74) is 6.96. The van der Waals surface area contributed by atoms with E-state index in [4.69, 9.17) is 5.73 Å². The Morgan fingerprint density at radius 1 is 1.38 bits per heavy atom. The fourth-order valence-electron chi connectivity index (χ4n) is 2.57. The fourth-order valence-corrected chi connectivity index (χ4v) is 2.96. The fraction of sp³-hybridized carbons (Fsp3) is 0.357. The SMILES string of the molecule is Nc1c(C(=O)NC2CCCC2)nnn1-c1cccc(Br)c1. The maximum Gasteiger partial charge on any atom is 0.275 e. The summed E-state index contributed by atoms with van der Waals surface area (Å²) >= 11 is 3.40. The number of amides is 1. The Morgan fingerprint density at radius 3 is 2.86 bits per heavy atom. The van der Waals surface area contributed by atoms with Crippen LogP contribution in [0.5, 0.6) is 0 Å². The minimum absolute atomic E-state index is 0.182. The van der Waals surface area contributed by atoms with Crippen LogP contribution in [0.2, 0.25) is 0 Å². The van der Waals surface area contributed by atoms with Crippen molar-refractivity contribution in [3.05, 3.63) is 34.4 Å². The molecule has 6 nitrogen and oxygen atoms in total. The number of carbonyl (C=O) groups excluding carboxylic acids is 1. The van der Waals surface area contributed by atoms with Gasteiger partial charge in [-0.25, -0.2) is 0 Å². The lowest BCUT2D eigenvalue weighted by atomic mass is 10.2. The van der Waals surface area contributed by atoms with E-state index >= 15 is 0 Å². The van der Waals surface area contributed by atoms with Gasteiger partial charge >= 0.3 is 0 Å². The number of nitrogen functional groups attached to an aromatic ring is 1. The van der Waals surface area contributed by atoms with Crippen molar-refractivity contribution < 1.29 is 4.79 Å². The summed E-state index contributed by atoms with van der Waals surface area (Å²) in [5, 5.41) is 10.9. The molecule has 0 aliphatic heterocycles. The van der Waals surface area contributed by atoms with E-state index in [2.05, 4.69) is 31.6 Å². The molecule has 3 N–H and O–H groups in total. The first kappa shape index (κ1) is 14.1. The van der Waals surface area contributed by atoms with Crippen molar-refractivity contribution in [3.8, 4) is 5.69 Å². The number of nitrogens with two attached hydrogens (primary N) is 1. The van der Waals surface area contributed by atoms with Gasteiger partial charge in [-0.05, 0) is 31.0 Å². The number of nitrogens with one attached hydrogen (secondary N) is 1. The standard InChI is InChI=1S/C14H16BrN5O/c15-9-4-3-7-11(8-9)20-13(16)12(18-19-20)14(21)17-10-5-1-2-6-10/h3-4,7-8,10H,1-2,5-6,16H2,(H,17,21). The van der Waals surface area contributed by atoms with E-state index in [-0.39, 0.29) is 23.5 Å². The van der Waals surface area contributed by atoms with Gasteiger partial charge in [0.1, 0.15) is 0 Å². The van der Waals surface area contributed by atoms with E-state index < -0.39 is 0 Å². The van der Waals surface area contributed by atoms with Crippen molar-refractivity contribution in [2.24, 2.45) is 0 Å². The third-order valence-electron chi connectivity index (χ3n) is 3.66. The summed E-state index contributed by atoms with van der Waals surface area (Å²) in [4.78, 5) is 12.2. The summed E-state index contributed by atoms with van der Waals surface area (Å²) in [6, 6.07) is 7.73. The van der Waals surface area contributed by atoms with E-state index in [0.29, 0.717) is 0 Å². The van der Waals surface area contributed by atoms with Crippen LogP contribution in [0.1, 0.15) is 36.2 Å². The van der Waals surface area contributed by atoms with E-state index in [1.54, 1.807) is 0 Å². The molecule has 1 fully saturated rings. The first-order valence-electron chi connectivity index (χ1n) is 6.93. The van der Waals surface area contributed by atoms with Crippen LogP contribution in [0.15, 0.2) is 28.7 Å². The monoisotopic (exact) mass is 349 g/mol. The topological polar surface area (TPSA) is 85.8 Å². The highest BCUT2D eigenvalue weighted by atomic mass is 79.9. The van der Waals surface area contributed by atoms with Gasteiger partial charge in [0.25, 0.3) is 5.91 Å². The van der Waals surface area contributed by atoms with Crippen LogP contribution in [-0.2, 0) is 0 Å². The summed E-state index contributed by atoms with van der Waals surface area (Å²) in [6.07, 6.45) is 4.35. The van der Waals surface area contributed by atoms with Crippen molar-refractivity contribution in [2.75, 3.05) is 5.73 Å². The van der Waals surface area contributed by atoms with Gasteiger partial charge in [0.05, 0.1) is 5.69 Å². The highest BCUT2D eigenvalue weighted by Crippen LogP contribution is 2.21. The van der Waals surface area contributed by atoms with Gasteiger partial charge in [-0.1, -0.05) is 40.1 Å². The van der Waals surface area contributed by atoms with Crippen LogP contribution < -0.4 is 11.1 Å². The molecule has 1 aromatic heterocycles. The van der Waals surface area contributed by atoms with Crippen molar-refractivity contribution in [2.45, 2.75) is 31.7 Å². The Bertz CT molecular complexity index is 663. The van der Waals surface area contributed by atoms with Gasteiger partial charge in [-0.3, -0.25) is 4.79 Å². The van der Waals surface area contributed by atoms with Crippen LogP contribution in [0.25, 0.3) is 5.69 Å². The number of halogens is 1. The Hall–Kier alpha value is -1.89. The molecule has 1 aliphatic rings. The van der Waals surface area contributed by atoms with E-state index in [1.165, 1.54) is 4.68 Å². The number of hydrogen-bond acceptors (Lipinski definition) is 4. The summed E-state index contributed by atoms with van der Waals surface area (Å²) in [7, 11) is 0. The molecule has 110 valence electrons. The highest BCUT2D eigenvalue weighted by molar-refractivity contribution is 9.10. The summed E-state index contributed by atoms with van der Waals surface area (Å²) in [6.45, 7) is 0. The molecular weight excluding hydrogens is 334 g/mol. The number of rotatable bonds is 3. The normalized spacial score (nSPS) is 15.3. The Labute approximate surface area is 130 Å². The number of aromatic nitrogens is 3. The number of nitrogens with zero attached hydrogens (tertiary/aromatic N) is 3. The summed E-state index contributed by atoms with van der Waals surface area (Å²) in [5.74, 6) is 0.00393. The Kier molecular flexibility index (Phi) is 3.92. The predicted octanol–water partition coefficient (Wildman–Crippen LogP) is 2.28. The molecule has 1 aliphatic carbocycles. The van der Waals surface area contributed by atoms with Gasteiger partial charge in [0, 0.05) is 10.5 Å². The molecule has 1 heterocycles. The number of benzene rings is 1. The van der Waals surface area contributed by atoms with Crippen molar-refractivity contribution in [1.82, 2.24) is 20.3 Å². The molecule has 1 aromatic carbocycles. The van der Waals surface area contributed by atoms with Crippen LogP contribution in [-0.4, -0.2) is 26.9 Å². The molecule has 0 unspecified atom stereocenters. The molecule has 1 amide bonds. The van der Waals surface area contributed by atoms with E-state index in [9.17, 15) is 4.79 Å². The third kappa shape index (κ3) is 2.92. The molecule has 0 radical (unpaired) electrons. The predicted molar refractivity (Wildman–Crippen MR) is 83.2 cm³/mol. The third-order valence-corrected chi connectivity index (χ3v) is 4.16. The molecular formula is C14H16BrN5O.